The molecule has 8 heteroatoms. The van der Waals surface area contributed by atoms with Gasteiger partial charge in [0.1, 0.15) is 6.29 Å². The predicted molar refractivity (Wildman–Crippen MR) is 59.3 cm³/mol. The molecule has 0 aromatic carbocycles. The van der Waals surface area contributed by atoms with Gasteiger partial charge in [0.25, 0.3) is 0 Å². The van der Waals surface area contributed by atoms with Crippen LogP contribution >= 0.6 is 0 Å². The highest BCUT2D eigenvalue weighted by atomic mass is 16.7. The molecule has 0 saturated carbocycles. The van der Waals surface area contributed by atoms with E-state index in [1.165, 1.54) is 21.3 Å². The van der Waals surface area contributed by atoms with Crippen molar-refractivity contribution in [3.63, 3.8) is 0 Å². The Morgan fingerprint density at radius 2 is 1.89 bits per heavy atom. The molecule has 0 heterocycles. The summed E-state index contributed by atoms with van der Waals surface area (Å²) in [5, 5.41) is 10.6. The standard InChI is InChI=1S/C10H17NO7/c1-16-9(13)4-7(6-12)8(5-11(14)15)10(17-2)18-3/h6-8,10H,4-5H2,1-3H3/t7-,8-/m1/s1. The van der Waals surface area contributed by atoms with Crippen molar-refractivity contribution in [2.75, 3.05) is 27.9 Å². The Balaban J connectivity index is 4.92. The first-order chi connectivity index (χ1) is 8.49. The van der Waals surface area contributed by atoms with Gasteiger partial charge in [-0.05, 0) is 0 Å². The third-order valence-corrected chi connectivity index (χ3v) is 2.53. The number of rotatable bonds is 9. The Kier molecular flexibility index (Phi) is 7.81. The Morgan fingerprint density at radius 3 is 2.22 bits per heavy atom. The van der Waals surface area contributed by atoms with Crippen LogP contribution in [0.1, 0.15) is 6.42 Å². The van der Waals surface area contributed by atoms with E-state index < -0.39 is 35.6 Å². The van der Waals surface area contributed by atoms with Crippen LogP contribution in [0, 0.1) is 22.0 Å². The Hall–Kier alpha value is -1.54. The van der Waals surface area contributed by atoms with Crippen LogP contribution in [0.3, 0.4) is 0 Å². The summed E-state index contributed by atoms with van der Waals surface area (Å²) in [6.07, 6.45) is -0.701. The second-order valence-corrected chi connectivity index (χ2v) is 3.60. The van der Waals surface area contributed by atoms with Gasteiger partial charge in [-0.3, -0.25) is 14.9 Å². The van der Waals surface area contributed by atoms with Gasteiger partial charge in [-0.2, -0.15) is 0 Å². The molecule has 0 N–H and O–H groups in total. The summed E-state index contributed by atoms with van der Waals surface area (Å²) in [5.41, 5.74) is 0. The monoisotopic (exact) mass is 263 g/mol. The summed E-state index contributed by atoms with van der Waals surface area (Å²) in [7, 11) is 3.79. The van der Waals surface area contributed by atoms with Crippen molar-refractivity contribution in [1.82, 2.24) is 0 Å². The molecule has 0 amide bonds. The zero-order valence-corrected chi connectivity index (χ0v) is 10.5. The van der Waals surface area contributed by atoms with Crippen LogP contribution in [0.4, 0.5) is 0 Å². The molecule has 8 nitrogen and oxygen atoms in total. The summed E-state index contributed by atoms with van der Waals surface area (Å²) in [6, 6.07) is 0. The minimum Gasteiger partial charge on any atom is -0.469 e. The molecular formula is C10H17NO7. The lowest BCUT2D eigenvalue weighted by atomic mass is 9.90. The second kappa shape index (κ2) is 8.54. The van der Waals surface area contributed by atoms with Crippen LogP contribution < -0.4 is 0 Å². The maximum Gasteiger partial charge on any atom is 0.306 e. The molecule has 104 valence electrons. The largest absolute Gasteiger partial charge is 0.469 e. The lowest BCUT2D eigenvalue weighted by molar-refractivity contribution is -0.495. The first kappa shape index (κ1) is 16.5. The highest BCUT2D eigenvalue weighted by molar-refractivity contribution is 5.73. The first-order valence-corrected chi connectivity index (χ1v) is 5.19. The first-order valence-electron chi connectivity index (χ1n) is 5.19. The maximum atomic E-state index is 11.1. The molecule has 0 radical (unpaired) electrons. The summed E-state index contributed by atoms with van der Waals surface area (Å²) in [5.74, 6) is -2.37. The highest BCUT2D eigenvalue weighted by Gasteiger charge is 2.35. The van der Waals surface area contributed by atoms with Crippen LogP contribution in [0.15, 0.2) is 0 Å². The molecule has 0 fully saturated rings. The van der Waals surface area contributed by atoms with Gasteiger partial charge < -0.3 is 19.0 Å². The van der Waals surface area contributed by atoms with E-state index in [1.807, 2.05) is 0 Å². The van der Waals surface area contributed by atoms with Crippen LogP contribution in [-0.4, -0.2) is 51.3 Å². The average molecular weight is 263 g/mol. The maximum absolute atomic E-state index is 11.1. The molecular weight excluding hydrogens is 246 g/mol. The SMILES string of the molecule is COC(=O)C[C@H](C=O)[C@@H](C[N+](=O)[O-])C(OC)OC. The molecule has 0 aromatic rings. The van der Waals surface area contributed by atoms with Crippen molar-refractivity contribution in [3.8, 4) is 0 Å². The Morgan fingerprint density at radius 1 is 1.33 bits per heavy atom. The lowest BCUT2D eigenvalue weighted by Gasteiger charge is -2.25. The molecule has 2 atom stereocenters. The van der Waals surface area contributed by atoms with Crippen molar-refractivity contribution in [1.29, 1.82) is 0 Å². The van der Waals surface area contributed by atoms with E-state index in [1.54, 1.807) is 0 Å². The van der Waals surface area contributed by atoms with E-state index >= 15 is 0 Å². The number of nitrogens with zero attached hydrogens (tertiary/aromatic N) is 1. The predicted octanol–water partition coefficient (Wildman–Crippen LogP) is -0.124. The van der Waals surface area contributed by atoms with Gasteiger partial charge in [0, 0.05) is 25.1 Å². The summed E-state index contributed by atoms with van der Waals surface area (Å²) >= 11 is 0. The van der Waals surface area contributed by atoms with E-state index in [0.29, 0.717) is 6.29 Å². The van der Waals surface area contributed by atoms with E-state index in [9.17, 15) is 19.7 Å². The van der Waals surface area contributed by atoms with Gasteiger partial charge in [0.2, 0.25) is 6.54 Å². The normalized spacial score (nSPS) is 14.0. The van der Waals surface area contributed by atoms with Gasteiger partial charge in [-0.1, -0.05) is 0 Å². The van der Waals surface area contributed by atoms with Crippen LogP contribution in [0.25, 0.3) is 0 Å². The molecule has 0 spiro atoms. The molecule has 0 saturated heterocycles. The van der Waals surface area contributed by atoms with Gasteiger partial charge in [-0.25, -0.2) is 0 Å². The zero-order chi connectivity index (χ0) is 14.1. The molecule has 18 heavy (non-hydrogen) atoms. The number of aldehydes is 1. The fourth-order valence-electron chi connectivity index (χ4n) is 1.62. The number of ether oxygens (including phenoxy) is 3. The van der Waals surface area contributed by atoms with Crippen molar-refractivity contribution in [3.05, 3.63) is 10.1 Å². The third-order valence-electron chi connectivity index (χ3n) is 2.53. The van der Waals surface area contributed by atoms with Gasteiger partial charge in [-0.15, -0.1) is 0 Å². The lowest BCUT2D eigenvalue weighted by Crippen LogP contribution is -2.38. The highest BCUT2D eigenvalue weighted by Crippen LogP contribution is 2.21. The molecule has 0 aromatic heterocycles. The Labute approximate surface area is 104 Å². The number of hydrogen-bond donors (Lipinski definition) is 0. The Bertz CT molecular complexity index is 290. The second-order valence-electron chi connectivity index (χ2n) is 3.60. The van der Waals surface area contributed by atoms with Crippen LogP contribution in [-0.2, 0) is 23.8 Å². The fourth-order valence-corrected chi connectivity index (χ4v) is 1.62. The molecule has 0 bridgehead atoms. The van der Waals surface area contributed by atoms with E-state index in [0.717, 1.165) is 0 Å². The van der Waals surface area contributed by atoms with Crippen LogP contribution in [0.2, 0.25) is 0 Å². The van der Waals surface area contributed by atoms with E-state index in [-0.39, 0.29) is 6.42 Å². The molecule has 0 aliphatic rings. The van der Waals surface area contributed by atoms with Crippen LogP contribution in [0.5, 0.6) is 0 Å². The number of hydrogen-bond acceptors (Lipinski definition) is 7. The minimum absolute atomic E-state index is 0.248. The zero-order valence-electron chi connectivity index (χ0n) is 10.5. The molecule has 0 aliphatic heterocycles. The summed E-state index contributed by atoms with van der Waals surface area (Å²) < 4.78 is 14.3. The van der Waals surface area contributed by atoms with Crippen molar-refractivity contribution in [2.24, 2.45) is 11.8 Å². The van der Waals surface area contributed by atoms with E-state index in [2.05, 4.69) is 4.74 Å². The number of carbonyl (C=O) groups is 2. The number of methoxy groups -OCH3 is 3. The average Bonchev–Trinajstić information content (AvgIpc) is 2.35. The summed E-state index contributed by atoms with van der Waals surface area (Å²) in [6.45, 7) is -0.535. The third kappa shape index (κ3) is 5.19. The molecule has 0 unspecified atom stereocenters. The fraction of sp³-hybridized carbons (Fsp3) is 0.800. The quantitative estimate of drug-likeness (QED) is 0.188. The number of nitro groups is 1. The topological polar surface area (TPSA) is 105 Å². The van der Waals surface area contributed by atoms with Gasteiger partial charge >= 0.3 is 5.97 Å². The van der Waals surface area contributed by atoms with Crippen molar-refractivity contribution < 1.29 is 28.7 Å². The van der Waals surface area contributed by atoms with Crippen molar-refractivity contribution in [2.45, 2.75) is 12.7 Å². The summed E-state index contributed by atoms with van der Waals surface area (Å²) in [4.78, 5) is 32.1. The van der Waals surface area contributed by atoms with Gasteiger partial charge in [0.05, 0.1) is 19.4 Å². The van der Waals surface area contributed by atoms with Crippen molar-refractivity contribution >= 4 is 12.3 Å². The molecule has 0 aliphatic carbocycles. The minimum atomic E-state index is -0.935. The molecule has 0 rings (SSSR count). The number of carbonyl (C=O) groups excluding carboxylic acids is 2. The van der Waals surface area contributed by atoms with Gasteiger partial charge in [0.15, 0.2) is 6.29 Å². The smallest absolute Gasteiger partial charge is 0.306 e. The number of esters is 1. The van der Waals surface area contributed by atoms with E-state index in [4.69, 9.17) is 9.47 Å².